The van der Waals surface area contributed by atoms with E-state index in [-0.39, 0.29) is 18.2 Å². The SMILES string of the molecule is C=C[C@H](Cc1ccc(OC)cc1)O[C@@H](CCCCCC)CC(=C)OC(C)=O. The first-order valence-electron chi connectivity index (χ1n) is 9.75. The van der Waals surface area contributed by atoms with Crippen molar-refractivity contribution < 1.29 is 19.0 Å². The molecular formula is C23H34O4. The Kier molecular flexibility index (Phi) is 11.2. The molecule has 0 aliphatic heterocycles. The zero-order chi connectivity index (χ0) is 20.1. The summed E-state index contributed by atoms with van der Waals surface area (Å²) < 4.78 is 16.6. The number of methoxy groups -OCH3 is 1. The normalized spacial score (nSPS) is 12.9. The molecule has 4 heteroatoms. The quantitative estimate of drug-likeness (QED) is 0.184. The molecule has 0 unspecified atom stereocenters. The highest BCUT2D eigenvalue weighted by atomic mass is 16.5. The Labute approximate surface area is 164 Å². The maximum absolute atomic E-state index is 11.2. The maximum Gasteiger partial charge on any atom is 0.307 e. The van der Waals surface area contributed by atoms with Crippen molar-refractivity contribution >= 4 is 5.97 Å². The summed E-state index contributed by atoms with van der Waals surface area (Å²) in [6.07, 6.45) is 8.50. The van der Waals surface area contributed by atoms with E-state index in [0.717, 1.165) is 30.6 Å². The summed E-state index contributed by atoms with van der Waals surface area (Å²) in [6, 6.07) is 7.96. The summed E-state index contributed by atoms with van der Waals surface area (Å²) in [5, 5.41) is 0. The van der Waals surface area contributed by atoms with Gasteiger partial charge in [-0.3, -0.25) is 4.79 Å². The van der Waals surface area contributed by atoms with Crippen LogP contribution in [0.15, 0.2) is 49.3 Å². The van der Waals surface area contributed by atoms with Gasteiger partial charge in [0, 0.05) is 19.8 Å². The Hall–Kier alpha value is -2.07. The van der Waals surface area contributed by atoms with Gasteiger partial charge in [-0.25, -0.2) is 0 Å². The van der Waals surface area contributed by atoms with E-state index in [0.29, 0.717) is 12.2 Å². The van der Waals surface area contributed by atoms with E-state index >= 15 is 0 Å². The first-order chi connectivity index (χ1) is 13.0. The van der Waals surface area contributed by atoms with Crippen molar-refractivity contribution in [3.63, 3.8) is 0 Å². The van der Waals surface area contributed by atoms with Crippen LogP contribution in [0.3, 0.4) is 0 Å². The van der Waals surface area contributed by atoms with Gasteiger partial charge in [0.2, 0.25) is 0 Å². The summed E-state index contributed by atoms with van der Waals surface area (Å²) in [4.78, 5) is 11.2. The molecule has 0 aliphatic carbocycles. The second-order valence-electron chi connectivity index (χ2n) is 6.77. The fourth-order valence-corrected chi connectivity index (χ4v) is 2.94. The number of ether oxygens (including phenoxy) is 3. The molecule has 0 amide bonds. The van der Waals surface area contributed by atoms with Gasteiger partial charge in [-0.2, -0.15) is 0 Å². The van der Waals surface area contributed by atoms with Crippen molar-refractivity contribution in [2.45, 2.75) is 71.0 Å². The average molecular weight is 375 g/mol. The largest absolute Gasteiger partial charge is 0.497 e. The highest BCUT2D eigenvalue weighted by molar-refractivity contribution is 5.67. The van der Waals surface area contributed by atoms with Crippen LogP contribution < -0.4 is 4.74 Å². The van der Waals surface area contributed by atoms with E-state index in [4.69, 9.17) is 14.2 Å². The second kappa shape index (κ2) is 13.2. The minimum Gasteiger partial charge on any atom is -0.497 e. The van der Waals surface area contributed by atoms with E-state index in [1.54, 1.807) is 7.11 Å². The zero-order valence-corrected chi connectivity index (χ0v) is 17.0. The lowest BCUT2D eigenvalue weighted by atomic mass is 10.0. The first kappa shape index (κ1) is 23.0. The van der Waals surface area contributed by atoms with Gasteiger partial charge in [-0.05, 0) is 24.1 Å². The van der Waals surface area contributed by atoms with Gasteiger partial charge in [0.25, 0.3) is 0 Å². The Bertz CT molecular complexity index is 577. The van der Waals surface area contributed by atoms with Crippen LogP contribution in [0.25, 0.3) is 0 Å². The Morgan fingerprint density at radius 1 is 1.19 bits per heavy atom. The van der Waals surface area contributed by atoms with Crippen molar-refractivity contribution in [3.8, 4) is 5.75 Å². The standard InChI is InChI=1S/C23H34O4/c1-6-8-9-10-11-23(16-18(3)26-19(4)24)27-21(7-2)17-20-12-14-22(25-5)15-13-20/h7,12-15,21,23H,2-3,6,8-11,16-17H2,1,4-5H3/t21-,23+/m1/s1. The third kappa shape index (κ3) is 10.00. The van der Waals surface area contributed by atoms with Crippen molar-refractivity contribution in [1.29, 1.82) is 0 Å². The highest BCUT2D eigenvalue weighted by Crippen LogP contribution is 2.20. The number of carbonyl (C=O) groups is 1. The van der Waals surface area contributed by atoms with Crippen molar-refractivity contribution in [2.24, 2.45) is 0 Å². The van der Waals surface area contributed by atoms with Gasteiger partial charge < -0.3 is 14.2 Å². The Balaban J connectivity index is 2.67. The molecule has 0 N–H and O–H groups in total. The predicted octanol–water partition coefficient (Wildman–Crippen LogP) is 5.61. The number of benzene rings is 1. The van der Waals surface area contributed by atoms with E-state index in [9.17, 15) is 4.79 Å². The highest BCUT2D eigenvalue weighted by Gasteiger charge is 2.17. The molecule has 0 fully saturated rings. The molecule has 0 aliphatic rings. The number of unbranched alkanes of at least 4 members (excludes halogenated alkanes) is 3. The van der Waals surface area contributed by atoms with Crippen LogP contribution in [0.1, 0.15) is 57.9 Å². The zero-order valence-electron chi connectivity index (χ0n) is 17.0. The van der Waals surface area contributed by atoms with Crippen molar-refractivity contribution in [1.82, 2.24) is 0 Å². The topological polar surface area (TPSA) is 44.8 Å². The van der Waals surface area contributed by atoms with Crippen molar-refractivity contribution in [2.75, 3.05) is 7.11 Å². The van der Waals surface area contributed by atoms with Crippen LogP contribution in [0.5, 0.6) is 5.75 Å². The summed E-state index contributed by atoms with van der Waals surface area (Å²) in [6.45, 7) is 11.4. The van der Waals surface area contributed by atoms with Crippen LogP contribution in [-0.2, 0) is 20.7 Å². The van der Waals surface area contributed by atoms with Gasteiger partial charge in [0.1, 0.15) is 11.5 Å². The van der Waals surface area contributed by atoms with Gasteiger partial charge >= 0.3 is 5.97 Å². The average Bonchev–Trinajstić information content (AvgIpc) is 2.64. The first-order valence-corrected chi connectivity index (χ1v) is 9.75. The fourth-order valence-electron chi connectivity index (χ4n) is 2.94. The van der Waals surface area contributed by atoms with Crippen LogP contribution >= 0.6 is 0 Å². The molecular weight excluding hydrogens is 340 g/mol. The molecule has 0 radical (unpaired) electrons. The molecule has 0 saturated carbocycles. The molecule has 1 aromatic rings. The summed E-state index contributed by atoms with van der Waals surface area (Å²) in [7, 11) is 1.66. The molecule has 2 atom stereocenters. The third-order valence-corrected chi connectivity index (χ3v) is 4.35. The lowest BCUT2D eigenvalue weighted by molar-refractivity contribution is -0.137. The molecule has 150 valence electrons. The molecule has 1 aromatic carbocycles. The van der Waals surface area contributed by atoms with Gasteiger partial charge in [-0.1, -0.05) is 57.4 Å². The summed E-state index contributed by atoms with van der Waals surface area (Å²) in [5.41, 5.74) is 1.16. The molecule has 1 rings (SSSR count). The van der Waals surface area contributed by atoms with Gasteiger partial charge in [0.05, 0.1) is 19.3 Å². The van der Waals surface area contributed by atoms with E-state index in [1.165, 1.54) is 26.2 Å². The maximum atomic E-state index is 11.2. The van der Waals surface area contributed by atoms with Crippen molar-refractivity contribution in [3.05, 3.63) is 54.8 Å². The molecule has 0 saturated heterocycles. The monoisotopic (exact) mass is 374 g/mol. The Morgan fingerprint density at radius 2 is 1.89 bits per heavy atom. The number of hydrogen-bond donors (Lipinski definition) is 0. The molecule has 0 heterocycles. The van der Waals surface area contributed by atoms with Crippen LogP contribution in [0, 0.1) is 0 Å². The molecule has 4 nitrogen and oxygen atoms in total. The van der Waals surface area contributed by atoms with Crippen LogP contribution in [0.2, 0.25) is 0 Å². The number of esters is 1. The van der Waals surface area contributed by atoms with Crippen LogP contribution in [0.4, 0.5) is 0 Å². The molecule has 0 spiro atoms. The predicted molar refractivity (Wildman–Crippen MR) is 110 cm³/mol. The van der Waals surface area contributed by atoms with E-state index < -0.39 is 0 Å². The van der Waals surface area contributed by atoms with Gasteiger partial charge in [-0.15, -0.1) is 6.58 Å². The van der Waals surface area contributed by atoms with E-state index in [2.05, 4.69) is 20.1 Å². The summed E-state index contributed by atoms with van der Waals surface area (Å²) in [5.74, 6) is 0.944. The van der Waals surface area contributed by atoms with E-state index in [1.807, 2.05) is 30.3 Å². The minimum absolute atomic E-state index is 0.0463. The second-order valence-corrected chi connectivity index (χ2v) is 6.77. The number of rotatable bonds is 14. The number of hydrogen-bond acceptors (Lipinski definition) is 4. The molecule has 27 heavy (non-hydrogen) atoms. The van der Waals surface area contributed by atoms with Gasteiger partial charge in [0.15, 0.2) is 0 Å². The lowest BCUT2D eigenvalue weighted by Crippen LogP contribution is -2.24. The third-order valence-electron chi connectivity index (χ3n) is 4.35. The number of carbonyl (C=O) groups excluding carboxylic acids is 1. The fraction of sp³-hybridized carbons (Fsp3) is 0.522. The van der Waals surface area contributed by atoms with Crippen LogP contribution in [-0.4, -0.2) is 25.3 Å². The smallest absolute Gasteiger partial charge is 0.307 e. The minimum atomic E-state index is -0.344. The summed E-state index contributed by atoms with van der Waals surface area (Å²) >= 11 is 0. The molecule has 0 aromatic heterocycles. The lowest BCUT2D eigenvalue weighted by Gasteiger charge is -2.24. The molecule has 0 bridgehead atoms. The Morgan fingerprint density at radius 3 is 2.44 bits per heavy atom.